The van der Waals surface area contributed by atoms with Gasteiger partial charge in [0.2, 0.25) is 15.9 Å². The van der Waals surface area contributed by atoms with E-state index in [2.05, 4.69) is 21.2 Å². The van der Waals surface area contributed by atoms with Gasteiger partial charge >= 0.3 is 0 Å². The lowest BCUT2D eigenvalue weighted by Gasteiger charge is -2.22. The van der Waals surface area contributed by atoms with E-state index >= 15 is 0 Å². The average Bonchev–Trinajstić information content (AvgIpc) is 2.68. The summed E-state index contributed by atoms with van der Waals surface area (Å²) in [5.41, 5.74) is 0.935. The highest BCUT2D eigenvalue weighted by Crippen LogP contribution is 2.25. The number of hydrogen-bond donors (Lipinski definition) is 1. The first-order valence-corrected chi connectivity index (χ1v) is 12.3. The minimum atomic E-state index is -4.00. The van der Waals surface area contributed by atoms with Crippen LogP contribution in [-0.2, 0) is 21.4 Å². The van der Waals surface area contributed by atoms with Gasteiger partial charge in [0, 0.05) is 31.8 Å². The van der Waals surface area contributed by atoms with E-state index in [9.17, 15) is 13.2 Å². The number of benzene rings is 3. The van der Waals surface area contributed by atoms with Crippen molar-refractivity contribution < 1.29 is 13.2 Å². The number of sulfonamides is 1. The predicted molar refractivity (Wildman–Crippen MR) is 128 cm³/mol. The van der Waals surface area contributed by atoms with Crippen LogP contribution in [0.25, 0.3) is 0 Å². The third-order valence-electron chi connectivity index (χ3n) is 4.22. The van der Waals surface area contributed by atoms with Crippen molar-refractivity contribution in [2.75, 3.05) is 11.9 Å². The fourth-order valence-electron chi connectivity index (χ4n) is 2.78. The van der Waals surface area contributed by atoms with Gasteiger partial charge in [0.15, 0.2) is 0 Å². The van der Waals surface area contributed by atoms with E-state index < -0.39 is 22.5 Å². The molecule has 10 heteroatoms. The van der Waals surface area contributed by atoms with Crippen molar-refractivity contribution in [1.29, 1.82) is 0 Å². The topological polar surface area (TPSA) is 66.5 Å². The molecule has 0 aliphatic heterocycles. The van der Waals surface area contributed by atoms with Crippen LogP contribution < -0.4 is 5.32 Å². The summed E-state index contributed by atoms with van der Waals surface area (Å²) in [6, 6.07) is 17.6. The second-order valence-electron chi connectivity index (χ2n) is 6.52. The van der Waals surface area contributed by atoms with Gasteiger partial charge < -0.3 is 5.32 Å². The highest BCUT2D eigenvalue weighted by Gasteiger charge is 2.27. The van der Waals surface area contributed by atoms with Gasteiger partial charge in [-0.2, -0.15) is 4.31 Å². The van der Waals surface area contributed by atoms with Gasteiger partial charge in [0.1, 0.15) is 0 Å². The molecule has 1 amide bonds. The first-order valence-electron chi connectivity index (χ1n) is 8.90. The van der Waals surface area contributed by atoms with E-state index in [-0.39, 0.29) is 11.4 Å². The van der Waals surface area contributed by atoms with Crippen LogP contribution in [0.2, 0.25) is 15.1 Å². The molecule has 31 heavy (non-hydrogen) atoms. The number of halogens is 4. The number of amides is 1. The van der Waals surface area contributed by atoms with Crippen LogP contribution in [0.1, 0.15) is 5.56 Å². The fraction of sp³-hybridized carbons (Fsp3) is 0.0952. The zero-order valence-corrected chi connectivity index (χ0v) is 20.5. The Kier molecular flexibility index (Phi) is 8.02. The first-order chi connectivity index (χ1) is 14.6. The van der Waals surface area contributed by atoms with Crippen LogP contribution in [0, 0.1) is 0 Å². The van der Waals surface area contributed by atoms with Gasteiger partial charge in [-0.25, -0.2) is 8.42 Å². The standard InChI is InChI=1S/C21H16BrCl3N2O3S/c22-15-5-7-19(8-6-15)31(29,30)27(12-14-3-1-2-4-20(14)25)13-21(28)26-18-10-16(23)9-17(24)11-18/h1-11H,12-13H2,(H,26,28). The number of carbonyl (C=O) groups is 1. The molecule has 162 valence electrons. The summed E-state index contributed by atoms with van der Waals surface area (Å²) in [4.78, 5) is 12.8. The van der Waals surface area contributed by atoms with Gasteiger partial charge in [0.25, 0.3) is 0 Å². The molecule has 0 aliphatic rings. The van der Waals surface area contributed by atoms with Crippen molar-refractivity contribution in [3.63, 3.8) is 0 Å². The number of rotatable bonds is 7. The lowest BCUT2D eigenvalue weighted by Crippen LogP contribution is -2.37. The molecule has 0 heterocycles. The zero-order chi connectivity index (χ0) is 22.6. The minimum absolute atomic E-state index is 0.0568. The van der Waals surface area contributed by atoms with Gasteiger partial charge in [-0.05, 0) is 54.1 Å². The molecule has 5 nitrogen and oxygen atoms in total. The summed E-state index contributed by atoms with van der Waals surface area (Å²) in [5.74, 6) is -0.550. The number of carbonyl (C=O) groups excluding carboxylic acids is 1. The molecule has 0 aromatic heterocycles. The maximum absolute atomic E-state index is 13.3. The average molecular weight is 563 g/mol. The smallest absolute Gasteiger partial charge is 0.243 e. The summed E-state index contributed by atoms with van der Waals surface area (Å²) in [5, 5.41) is 3.73. The summed E-state index contributed by atoms with van der Waals surface area (Å²) in [6.45, 7) is -0.518. The van der Waals surface area contributed by atoms with Crippen LogP contribution in [0.3, 0.4) is 0 Å². The molecule has 0 fully saturated rings. The second kappa shape index (κ2) is 10.3. The molecule has 0 saturated carbocycles. The molecule has 0 bridgehead atoms. The normalized spacial score (nSPS) is 11.5. The van der Waals surface area contributed by atoms with E-state index in [1.54, 1.807) is 36.4 Å². The Labute approximate surface area is 204 Å². The summed E-state index contributed by atoms with van der Waals surface area (Å²) >= 11 is 21.5. The highest BCUT2D eigenvalue weighted by molar-refractivity contribution is 9.10. The van der Waals surface area contributed by atoms with Crippen LogP contribution in [0.5, 0.6) is 0 Å². The summed E-state index contributed by atoms with van der Waals surface area (Å²) < 4.78 is 28.4. The van der Waals surface area contributed by atoms with E-state index in [0.717, 1.165) is 8.78 Å². The lowest BCUT2D eigenvalue weighted by atomic mass is 10.2. The Bertz CT molecular complexity index is 1180. The summed E-state index contributed by atoms with van der Waals surface area (Å²) in [6.07, 6.45) is 0. The maximum Gasteiger partial charge on any atom is 0.243 e. The molecule has 0 unspecified atom stereocenters. The predicted octanol–water partition coefficient (Wildman–Crippen LogP) is 6.24. The van der Waals surface area contributed by atoms with Crippen molar-refractivity contribution in [1.82, 2.24) is 4.31 Å². The Morgan fingerprint density at radius 1 is 0.935 bits per heavy atom. The molecular formula is C21H16BrCl3N2O3S. The van der Waals surface area contributed by atoms with Crippen molar-refractivity contribution in [3.8, 4) is 0 Å². The number of nitrogens with zero attached hydrogens (tertiary/aromatic N) is 1. The summed E-state index contributed by atoms with van der Waals surface area (Å²) in [7, 11) is -4.00. The Hall–Kier alpha value is -1.61. The molecule has 0 atom stereocenters. The second-order valence-corrected chi connectivity index (χ2v) is 10.7. The molecular weight excluding hydrogens is 547 g/mol. The van der Waals surface area contributed by atoms with Crippen molar-refractivity contribution in [2.24, 2.45) is 0 Å². The number of hydrogen-bond acceptors (Lipinski definition) is 3. The molecule has 0 aliphatic carbocycles. The Morgan fingerprint density at radius 2 is 1.55 bits per heavy atom. The van der Waals surface area contributed by atoms with E-state index in [0.29, 0.717) is 26.3 Å². The molecule has 0 radical (unpaired) electrons. The largest absolute Gasteiger partial charge is 0.325 e. The van der Waals surface area contributed by atoms with Crippen molar-refractivity contribution in [2.45, 2.75) is 11.4 Å². The van der Waals surface area contributed by atoms with Crippen molar-refractivity contribution in [3.05, 3.63) is 91.8 Å². The fourth-order valence-corrected chi connectivity index (χ4v) is 5.15. The SMILES string of the molecule is O=C(CN(Cc1ccccc1Cl)S(=O)(=O)c1ccc(Br)cc1)Nc1cc(Cl)cc(Cl)c1. The lowest BCUT2D eigenvalue weighted by molar-refractivity contribution is -0.116. The Morgan fingerprint density at radius 3 is 2.16 bits per heavy atom. The molecule has 0 spiro atoms. The van der Waals surface area contributed by atoms with Crippen LogP contribution in [-0.4, -0.2) is 25.2 Å². The third kappa shape index (κ3) is 6.44. The molecule has 0 saturated heterocycles. The van der Waals surface area contributed by atoms with Crippen LogP contribution in [0.4, 0.5) is 5.69 Å². The molecule has 1 N–H and O–H groups in total. The van der Waals surface area contributed by atoms with Gasteiger partial charge in [-0.15, -0.1) is 0 Å². The van der Waals surface area contributed by atoms with E-state index in [1.807, 2.05) is 0 Å². The van der Waals surface area contributed by atoms with Gasteiger partial charge in [0.05, 0.1) is 11.4 Å². The van der Waals surface area contributed by atoms with Crippen LogP contribution >= 0.6 is 50.7 Å². The molecule has 3 aromatic rings. The quantitative estimate of drug-likeness (QED) is 0.371. The minimum Gasteiger partial charge on any atom is -0.325 e. The number of nitrogens with one attached hydrogen (secondary N) is 1. The molecule has 3 rings (SSSR count). The maximum atomic E-state index is 13.3. The van der Waals surface area contributed by atoms with Crippen LogP contribution in [0.15, 0.2) is 76.1 Å². The highest BCUT2D eigenvalue weighted by atomic mass is 79.9. The molecule has 3 aromatic carbocycles. The third-order valence-corrected chi connectivity index (χ3v) is 7.36. The number of anilines is 1. The Balaban J connectivity index is 1.90. The van der Waals surface area contributed by atoms with Crippen molar-refractivity contribution >= 4 is 72.4 Å². The first kappa shape index (κ1) is 24.0. The van der Waals surface area contributed by atoms with E-state index in [1.165, 1.54) is 30.3 Å². The zero-order valence-electron chi connectivity index (χ0n) is 15.9. The van der Waals surface area contributed by atoms with Gasteiger partial charge in [-0.3, -0.25) is 4.79 Å². The monoisotopic (exact) mass is 560 g/mol. The van der Waals surface area contributed by atoms with Gasteiger partial charge in [-0.1, -0.05) is 68.9 Å². The van der Waals surface area contributed by atoms with E-state index in [4.69, 9.17) is 34.8 Å².